The quantitative estimate of drug-likeness (QED) is 0.644. The molecule has 10 heavy (non-hydrogen) atoms. The Morgan fingerprint density at radius 1 is 1.70 bits per heavy atom. The Hall–Kier alpha value is -0.670. The van der Waals surface area contributed by atoms with E-state index in [4.69, 9.17) is 5.73 Å². The maximum atomic E-state index is 5.48. The largest absolute Gasteiger partial charge is 0.326 e. The van der Waals surface area contributed by atoms with Gasteiger partial charge in [0.25, 0.3) is 0 Å². The lowest BCUT2D eigenvalue weighted by Crippen LogP contribution is -1.91. The smallest absolute Gasteiger partial charge is 0.0655 e. The zero-order chi connectivity index (χ0) is 6.97. The Labute approximate surface area is 63.4 Å². The topological polar surface area (TPSA) is 38.4 Å². The monoisotopic (exact) mass is 152 g/mol. The van der Waals surface area contributed by atoms with Gasteiger partial charge in [0.1, 0.15) is 0 Å². The molecule has 0 spiro atoms. The van der Waals surface area contributed by atoms with E-state index < -0.39 is 0 Å². The summed E-state index contributed by atoms with van der Waals surface area (Å²) in [5.74, 6) is 0. The predicted octanol–water partition coefficient (Wildman–Crippen LogP) is 1.14. The summed E-state index contributed by atoms with van der Waals surface area (Å²) in [6.45, 7) is 1.51. The average Bonchev–Trinajstić information content (AvgIpc) is 2.42. The van der Waals surface area contributed by atoms with Crippen molar-refractivity contribution >= 4 is 17.6 Å². The molecule has 0 fully saturated rings. The molecule has 0 amide bonds. The molecule has 0 saturated carbocycles. The summed E-state index contributed by atoms with van der Waals surface area (Å²) in [6.07, 6.45) is 1.93. The number of hydrogen-bond donors (Lipinski definition) is 1. The molecule has 2 nitrogen and oxygen atoms in total. The van der Waals surface area contributed by atoms with Crippen LogP contribution in [-0.2, 0) is 13.1 Å². The maximum absolute atomic E-state index is 5.48. The van der Waals surface area contributed by atoms with Crippen molar-refractivity contribution in [2.45, 2.75) is 13.1 Å². The molecule has 0 bridgehead atoms. The van der Waals surface area contributed by atoms with E-state index in [0.717, 1.165) is 6.54 Å². The predicted molar refractivity (Wildman–Crippen MR) is 43.5 cm³/mol. The fourth-order valence-corrected chi connectivity index (χ4v) is 2.01. The van der Waals surface area contributed by atoms with Gasteiger partial charge in [0.15, 0.2) is 0 Å². The van der Waals surface area contributed by atoms with Crippen molar-refractivity contribution in [3.05, 3.63) is 21.4 Å². The van der Waals surface area contributed by atoms with Crippen LogP contribution in [0.1, 0.15) is 15.3 Å². The number of nitrogens with zero attached hydrogens (tertiary/aromatic N) is 1. The molecule has 0 aromatic carbocycles. The lowest BCUT2D eigenvalue weighted by molar-refractivity contribution is 1.08. The lowest BCUT2D eigenvalue weighted by Gasteiger charge is -1.83. The zero-order valence-corrected chi connectivity index (χ0v) is 6.32. The molecular formula is C7H8N2S. The van der Waals surface area contributed by atoms with Gasteiger partial charge in [-0.25, -0.2) is 0 Å². The van der Waals surface area contributed by atoms with E-state index in [2.05, 4.69) is 11.1 Å². The Balaban J connectivity index is 2.45. The fourth-order valence-electron chi connectivity index (χ4n) is 1.06. The zero-order valence-electron chi connectivity index (χ0n) is 5.50. The van der Waals surface area contributed by atoms with Gasteiger partial charge in [-0.3, -0.25) is 4.99 Å². The molecular weight excluding hydrogens is 144 g/mol. The van der Waals surface area contributed by atoms with Gasteiger partial charge in [0.05, 0.1) is 11.4 Å². The second-order valence-electron chi connectivity index (χ2n) is 2.28. The van der Waals surface area contributed by atoms with E-state index in [1.165, 1.54) is 15.3 Å². The molecule has 0 aliphatic carbocycles. The summed E-state index contributed by atoms with van der Waals surface area (Å²) in [5.41, 5.74) is 6.82. The molecule has 0 saturated heterocycles. The van der Waals surface area contributed by atoms with Crippen LogP contribution in [0.5, 0.6) is 0 Å². The molecule has 1 aliphatic rings. The summed E-state index contributed by atoms with van der Waals surface area (Å²) in [5, 5.41) is 0. The van der Waals surface area contributed by atoms with Crippen molar-refractivity contribution in [3.63, 3.8) is 0 Å². The highest BCUT2D eigenvalue weighted by Gasteiger charge is 2.09. The van der Waals surface area contributed by atoms with Crippen LogP contribution in [0, 0.1) is 0 Å². The Bertz CT molecular complexity index is 275. The average molecular weight is 152 g/mol. The van der Waals surface area contributed by atoms with Crippen LogP contribution in [0.4, 0.5) is 0 Å². The molecule has 52 valence electrons. The molecule has 0 atom stereocenters. The van der Waals surface area contributed by atoms with Crippen LogP contribution in [0.3, 0.4) is 0 Å². The van der Waals surface area contributed by atoms with Crippen molar-refractivity contribution in [1.29, 1.82) is 0 Å². The Morgan fingerprint density at radius 2 is 2.60 bits per heavy atom. The fraction of sp³-hybridized carbons (Fsp3) is 0.286. The van der Waals surface area contributed by atoms with Crippen LogP contribution in [-0.4, -0.2) is 6.21 Å². The second kappa shape index (κ2) is 2.18. The number of aliphatic imine (C=N–C) groups is 1. The highest BCUT2D eigenvalue weighted by atomic mass is 32.1. The first-order valence-electron chi connectivity index (χ1n) is 3.21. The SMILES string of the molecule is NCc1cc2c(s1)C=NC2. The van der Waals surface area contributed by atoms with E-state index in [9.17, 15) is 0 Å². The van der Waals surface area contributed by atoms with Gasteiger partial charge >= 0.3 is 0 Å². The molecule has 2 rings (SSSR count). The molecule has 2 heterocycles. The van der Waals surface area contributed by atoms with Gasteiger partial charge in [-0.1, -0.05) is 0 Å². The van der Waals surface area contributed by atoms with Crippen molar-refractivity contribution in [2.75, 3.05) is 0 Å². The lowest BCUT2D eigenvalue weighted by atomic mass is 10.3. The number of thiophene rings is 1. The van der Waals surface area contributed by atoms with E-state index in [1.807, 2.05) is 6.21 Å². The number of rotatable bonds is 1. The molecule has 0 radical (unpaired) electrons. The van der Waals surface area contributed by atoms with Gasteiger partial charge < -0.3 is 5.73 Å². The van der Waals surface area contributed by atoms with Crippen LogP contribution in [0.15, 0.2) is 11.1 Å². The van der Waals surface area contributed by atoms with E-state index in [0.29, 0.717) is 6.54 Å². The third kappa shape index (κ3) is 0.786. The van der Waals surface area contributed by atoms with Crippen LogP contribution in [0.25, 0.3) is 0 Å². The molecule has 0 unspecified atom stereocenters. The first-order chi connectivity index (χ1) is 4.90. The normalized spacial score (nSPS) is 14.1. The third-order valence-electron chi connectivity index (χ3n) is 1.56. The second-order valence-corrected chi connectivity index (χ2v) is 3.44. The van der Waals surface area contributed by atoms with E-state index in [1.54, 1.807) is 11.3 Å². The van der Waals surface area contributed by atoms with Gasteiger partial charge in [0, 0.05) is 17.6 Å². The molecule has 2 N–H and O–H groups in total. The molecule has 1 aromatic heterocycles. The third-order valence-corrected chi connectivity index (χ3v) is 2.70. The minimum Gasteiger partial charge on any atom is -0.326 e. The summed E-state index contributed by atoms with van der Waals surface area (Å²) in [6, 6.07) is 2.15. The minimum absolute atomic E-state index is 0.658. The standard InChI is InChI=1S/C7H8N2S/c8-2-6-1-5-3-9-4-7(5)10-6/h1,4H,2-3,8H2. The minimum atomic E-state index is 0.658. The number of hydrogen-bond acceptors (Lipinski definition) is 3. The van der Waals surface area contributed by atoms with Gasteiger partial charge in [-0.2, -0.15) is 0 Å². The summed E-state index contributed by atoms with van der Waals surface area (Å²) in [4.78, 5) is 6.68. The van der Waals surface area contributed by atoms with Crippen molar-refractivity contribution in [2.24, 2.45) is 10.7 Å². The van der Waals surface area contributed by atoms with Gasteiger partial charge in [0.2, 0.25) is 0 Å². The highest BCUT2D eigenvalue weighted by molar-refractivity contribution is 7.14. The van der Waals surface area contributed by atoms with E-state index in [-0.39, 0.29) is 0 Å². The van der Waals surface area contributed by atoms with Gasteiger partial charge in [-0.05, 0) is 11.6 Å². The van der Waals surface area contributed by atoms with Crippen molar-refractivity contribution in [3.8, 4) is 0 Å². The van der Waals surface area contributed by atoms with Gasteiger partial charge in [-0.15, -0.1) is 11.3 Å². The summed E-state index contributed by atoms with van der Waals surface area (Å²) >= 11 is 1.75. The van der Waals surface area contributed by atoms with Crippen molar-refractivity contribution in [1.82, 2.24) is 0 Å². The van der Waals surface area contributed by atoms with Crippen molar-refractivity contribution < 1.29 is 0 Å². The maximum Gasteiger partial charge on any atom is 0.0655 e. The van der Waals surface area contributed by atoms with E-state index >= 15 is 0 Å². The first-order valence-corrected chi connectivity index (χ1v) is 4.03. The Morgan fingerprint density at radius 3 is 3.30 bits per heavy atom. The number of nitrogens with two attached hydrogens (primary N) is 1. The Kier molecular flexibility index (Phi) is 1.32. The molecule has 3 heteroatoms. The molecule has 1 aliphatic heterocycles. The highest BCUT2D eigenvalue weighted by Crippen LogP contribution is 2.24. The molecule has 1 aromatic rings. The van der Waals surface area contributed by atoms with Crippen LogP contribution < -0.4 is 5.73 Å². The van der Waals surface area contributed by atoms with Crippen LogP contribution in [0.2, 0.25) is 0 Å². The number of fused-ring (bicyclic) bond motifs is 1. The van der Waals surface area contributed by atoms with Crippen LogP contribution >= 0.6 is 11.3 Å². The summed E-state index contributed by atoms with van der Waals surface area (Å²) < 4.78 is 0. The summed E-state index contributed by atoms with van der Waals surface area (Å²) in [7, 11) is 0. The first kappa shape index (κ1) is 6.07.